The number of phenolic OH excluding ortho intramolecular Hbond substituents is 1. The van der Waals surface area contributed by atoms with Gasteiger partial charge in [-0.3, -0.25) is 0 Å². The second-order valence-corrected chi connectivity index (χ2v) is 3.79. The zero-order valence-corrected chi connectivity index (χ0v) is 10.2. The summed E-state index contributed by atoms with van der Waals surface area (Å²) in [6, 6.07) is 2.49. The number of hydrogen-bond donors (Lipinski definition) is 1. The van der Waals surface area contributed by atoms with E-state index in [2.05, 4.69) is 20.7 Å². The second-order valence-electron chi connectivity index (χ2n) is 2.93. The summed E-state index contributed by atoms with van der Waals surface area (Å²) >= 11 is 3.05. The molecular weight excluding hydrogens is 283 g/mol. The highest BCUT2D eigenvalue weighted by Gasteiger charge is 2.24. The van der Waals surface area contributed by atoms with Crippen LogP contribution in [0.15, 0.2) is 16.6 Å². The Bertz CT molecular complexity index is 408. The number of aromatic hydroxyl groups is 1. The van der Waals surface area contributed by atoms with E-state index in [1.807, 2.05) is 0 Å². The first-order chi connectivity index (χ1) is 7.51. The Morgan fingerprint density at radius 3 is 2.62 bits per heavy atom. The number of methoxy groups -OCH3 is 2. The van der Waals surface area contributed by atoms with Crippen LogP contribution >= 0.6 is 15.9 Å². The van der Waals surface area contributed by atoms with Crippen LogP contribution in [0.2, 0.25) is 0 Å². The molecule has 88 valence electrons. The van der Waals surface area contributed by atoms with Crippen LogP contribution in [0.25, 0.3) is 0 Å². The maximum atomic E-state index is 13.6. The Balaban J connectivity index is 3.18. The molecule has 0 radical (unpaired) electrons. The normalized spacial score (nSPS) is 12.0. The van der Waals surface area contributed by atoms with Crippen LogP contribution in [0.1, 0.15) is 11.7 Å². The van der Waals surface area contributed by atoms with Crippen LogP contribution < -0.4 is 4.74 Å². The molecule has 1 unspecified atom stereocenters. The lowest BCUT2D eigenvalue weighted by molar-refractivity contribution is -0.146. The first-order valence-electron chi connectivity index (χ1n) is 4.29. The van der Waals surface area contributed by atoms with E-state index < -0.39 is 12.1 Å². The molecule has 16 heavy (non-hydrogen) atoms. The molecule has 0 aliphatic rings. The third kappa shape index (κ3) is 2.44. The van der Waals surface area contributed by atoms with Crippen LogP contribution in [0.4, 0.5) is 4.39 Å². The average Bonchev–Trinajstić information content (AvgIpc) is 2.27. The number of ether oxygens (including phenoxy) is 2. The third-order valence-corrected chi connectivity index (χ3v) is 2.67. The molecule has 0 spiro atoms. The first-order valence-corrected chi connectivity index (χ1v) is 5.08. The molecule has 0 fully saturated rings. The van der Waals surface area contributed by atoms with Gasteiger partial charge in [0.2, 0.25) is 6.17 Å². The lowest BCUT2D eigenvalue weighted by atomic mass is 10.1. The Morgan fingerprint density at radius 2 is 2.12 bits per heavy atom. The molecule has 0 aromatic heterocycles. The highest BCUT2D eigenvalue weighted by Crippen LogP contribution is 2.36. The van der Waals surface area contributed by atoms with Crippen LogP contribution in [-0.2, 0) is 9.53 Å². The Morgan fingerprint density at radius 1 is 1.50 bits per heavy atom. The maximum absolute atomic E-state index is 13.6. The standard InChI is InChI=1S/C10H10BrFO4/c1-15-8-3-5(6(11)4-7(8)13)9(12)10(14)16-2/h3-4,9,13H,1-2H3. The van der Waals surface area contributed by atoms with Gasteiger partial charge in [-0.1, -0.05) is 15.9 Å². The van der Waals surface area contributed by atoms with Crippen LogP contribution in [0.5, 0.6) is 11.5 Å². The van der Waals surface area contributed by atoms with Gasteiger partial charge in [0.05, 0.1) is 14.2 Å². The molecule has 4 nitrogen and oxygen atoms in total. The summed E-state index contributed by atoms with van der Waals surface area (Å²) in [6.07, 6.45) is -1.92. The zero-order valence-electron chi connectivity index (χ0n) is 8.66. The minimum atomic E-state index is -1.92. The Kier molecular flexibility index (Phi) is 4.12. The van der Waals surface area contributed by atoms with Crippen LogP contribution in [-0.4, -0.2) is 25.3 Å². The number of esters is 1. The van der Waals surface area contributed by atoms with Gasteiger partial charge in [-0.25, -0.2) is 9.18 Å². The van der Waals surface area contributed by atoms with Crippen molar-refractivity contribution in [3.8, 4) is 11.5 Å². The lowest BCUT2D eigenvalue weighted by Gasteiger charge is -2.11. The summed E-state index contributed by atoms with van der Waals surface area (Å²) in [5.41, 5.74) is 0.0431. The SMILES string of the molecule is COC(=O)C(F)c1cc(OC)c(O)cc1Br. The summed E-state index contributed by atoms with van der Waals surface area (Å²) < 4.78 is 23.0. The van der Waals surface area contributed by atoms with E-state index in [4.69, 9.17) is 4.74 Å². The van der Waals surface area contributed by atoms with Gasteiger partial charge in [-0.15, -0.1) is 0 Å². The van der Waals surface area contributed by atoms with Crippen molar-refractivity contribution in [3.63, 3.8) is 0 Å². The van der Waals surface area contributed by atoms with Gasteiger partial charge in [-0.2, -0.15) is 0 Å². The molecule has 6 heteroatoms. The van der Waals surface area contributed by atoms with Crippen LogP contribution in [0.3, 0.4) is 0 Å². The van der Waals surface area contributed by atoms with E-state index >= 15 is 0 Å². The number of rotatable bonds is 3. The number of carbonyl (C=O) groups is 1. The number of carbonyl (C=O) groups excluding carboxylic acids is 1. The Labute approximate surface area is 100 Å². The number of benzene rings is 1. The van der Waals surface area contributed by atoms with Crippen molar-refractivity contribution < 1.29 is 23.8 Å². The van der Waals surface area contributed by atoms with Gasteiger partial charge < -0.3 is 14.6 Å². The van der Waals surface area contributed by atoms with Gasteiger partial charge in [0, 0.05) is 10.0 Å². The maximum Gasteiger partial charge on any atom is 0.345 e. The van der Waals surface area contributed by atoms with Gasteiger partial charge in [0.25, 0.3) is 0 Å². The van der Waals surface area contributed by atoms with Gasteiger partial charge in [-0.05, 0) is 12.1 Å². The minimum Gasteiger partial charge on any atom is -0.504 e. The number of alkyl halides is 1. The first kappa shape index (κ1) is 12.8. The number of halogens is 2. The fourth-order valence-electron chi connectivity index (χ4n) is 1.15. The molecule has 1 rings (SSSR count). The monoisotopic (exact) mass is 292 g/mol. The summed E-state index contributed by atoms with van der Waals surface area (Å²) in [7, 11) is 2.43. The van der Waals surface area contributed by atoms with Gasteiger partial charge in [0.15, 0.2) is 11.5 Å². The topological polar surface area (TPSA) is 55.8 Å². The largest absolute Gasteiger partial charge is 0.504 e. The van der Waals surface area contributed by atoms with Crippen molar-refractivity contribution in [3.05, 3.63) is 22.2 Å². The molecule has 0 aliphatic carbocycles. The highest BCUT2D eigenvalue weighted by atomic mass is 79.9. The number of phenols is 1. The summed E-state index contributed by atoms with van der Waals surface area (Å²) in [6.45, 7) is 0. The van der Waals surface area contributed by atoms with Crippen molar-refractivity contribution in [1.82, 2.24) is 0 Å². The summed E-state index contributed by atoms with van der Waals surface area (Å²) in [5.74, 6) is -1.06. The smallest absolute Gasteiger partial charge is 0.345 e. The van der Waals surface area contributed by atoms with Gasteiger partial charge >= 0.3 is 5.97 Å². The van der Waals surface area contributed by atoms with E-state index in [-0.39, 0.29) is 21.5 Å². The second kappa shape index (κ2) is 5.16. The third-order valence-electron chi connectivity index (χ3n) is 1.98. The van der Waals surface area contributed by atoms with Crippen LogP contribution in [0, 0.1) is 0 Å². The molecule has 1 aromatic rings. The summed E-state index contributed by atoms with van der Waals surface area (Å²) in [5, 5.41) is 9.40. The molecule has 0 saturated carbocycles. The fourth-order valence-corrected chi connectivity index (χ4v) is 1.68. The highest BCUT2D eigenvalue weighted by molar-refractivity contribution is 9.10. The molecule has 0 bridgehead atoms. The number of hydrogen-bond acceptors (Lipinski definition) is 4. The fraction of sp³-hybridized carbons (Fsp3) is 0.300. The molecule has 0 heterocycles. The van der Waals surface area contributed by atoms with E-state index in [0.29, 0.717) is 0 Å². The van der Waals surface area contributed by atoms with E-state index in [9.17, 15) is 14.3 Å². The van der Waals surface area contributed by atoms with E-state index in [1.165, 1.54) is 19.2 Å². The molecule has 1 atom stereocenters. The quantitative estimate of drug-likeness (QED) is 0.869. The molecule has 0 aliphatic heterocycles. The minimum absolute atomic E-state index is 0.0431. The van der Waals surface area contributed by atoms with Crippen molar-refractivity contribution in [2.45, 2.75) is 6.17 Å². The molecule has 0 amide bonds. The lowest BCUT2D eigenvalue weighted by Crippen LogP contribution is -2.10. The predicted octanol–water partition coefficient (Wildman–Crippen LogP) is 2.35. The molecular formula is C10H10BrFO4. The molecule has 0 saturated heterocycles. The summed E-state index contributed by atoms with van der Waals surface area (Å²) in [4.78, 5) is 11.0. The average molecular weight is 293 g/mol. The van der Waals surface area contributed by atoms with Gasteiger partial charge in [0.1, 0.15) is 0 Å². The van der Waals surface area contributed by atoms with Crippen molar-refractivity contribution in [2.24, 2.45) is 0 Å². The zero-order chi connectivity index (χ0) is 12.3. The molecule has 1 aromatic carbocycles. The van der Waals surface area contributed by atoms with Crippen molar-refractivity contribution >= 4 is 21.9 Å². The van der Waals surface area contributed by atoms with Crippen molar-refractivity contribution in [2.75, 3.05) is 14.2 Å². The predicted molar refractivity (Wildman–Crippen MR) is 58.2 cm³/mol. The van der Waals surface area contributed by atoms with Crippen molar-refractivity contribution in [1.29, 1.82) is 0 Å². The molecule has 1 N–H and O–H groups in total. The van der Waals surface area contributed by atoms with E-state index in [1.54, 1.807) is 0 Å². The van der Waals surface area contributed by atoms with E-state index in [0.717, 1.165) is 7.11 Å². The Hall–Kier alpha value is -1.30.